The van der Waals surface area contributed by atoms with Gasteiger partial charge in [-0.15, -0.1) is 0 Å². The third-order valence-electron chi connectivity index (χ3n) is 5.80. The van der Waals surface area contributed by atoms with Gasteiger partial charge in [-0.25, -0.2) is 0 Å². The molecule has 1 aromatic heterocycles. The molecule has 0 spiro atoms. The number of ether oxygens (including phenoxy) is 2. The number of piperidine rings is 1. The van der Waals surface area contributed by atoms with Crippen molar-refractivity contribution in [1.82, 2.24) is 14.8 Å². The third kappa shape index (κ3) is 4.91. The Kier molecular flexibility index (Phi) is 6.57. The molecular weight excluding hydrogens is 390 g/mol. The van der Waals surface area contributed by atoms with Crippen LogP contribution < -0.4 is 14.8 Å². The van der Waals surface area contributed by atoms with Crippen LogP contribution in [0.4, 0.5) is 0 Å². The van der Waals surface area contributed by atoms with E-state index < -0.39 is 0 Å². The van der Waals surface area contributed by atoms with E-state index in [0.29, 0.717) is 17.1 Å². The van der Waals surface area contributed by atoms with Crippen LogP contribution in [0.3, 0.4) is 0 Å². The van der Waals surface area contributed by atoms with Gasteiger partial charge in [0.15, 0.2) is 11.5 Å². The number of carbonyl (C=O) groups is 1. The number of nitrogens with zero attached hydrogens (tertiary/aromatic N) is 2. The van der Waals surface area contributed by atoms with Crippen molar-refractivity contribution in [2.45, 2.75) is 25.4 Å². The highest BCUT2D eigenvalue weighted by Crippen LogP contribution is 2.32. The molecule has 1 amide bonds. The second-order valence-corrected chi connectivity index (χ2v) is 7.82. The maximum absolute atomic E-state index is 13.2. The average Bonchev–Trinajstić information content (AvgIpc) is 3.35. The van der Waals surface area contributed by atoms with Crippen molar-refractivity contribution in [2.24, 2.45) is 0 Å². The summed E-state index contributed by atoms with van der Waals surface area (Å²) in [5.74, 6) is 1.05. The largest absolute Gasteiger partial charge is 0.493 e. The topological polar surface area (TPSA) is 55.7 Å². The fraction of sp³-hybridized carbons (Fsp3) is 0.320. The quantitative estimate of drug-likeness (QED) is 0.631. The first kappa shape index (κ1) is 21.0. The molecule has 2 heterocycles. The Bertz CT molecular complexity index is 994. The molecule has 3 aromatic rings. The van der Waals surface area contributed by atoms with Crippen LogP contribution in [0.2, 0.25) is 0 Å². The summed E-state index contributed by atoms with van der Waals surface area (Å²) in [5, 5.41) is 3.24. The van der Waals surface area contributed by atoms with Crippen molar-refractivity contribution in [3.63, 3.8) is 0 Å². The number of aromatic nitrogens is 1. The second-order valence-electron chi connectivity index (χ2n) is 7.82. The Balaban J connectivity index is 1.45. The summed E-state index contributed by atoms with van der Waals surface area (Å²) in [6.45, 7) is 2.89. The summed E-state index contributed by atoms with van der Waals surface area (Å²) in [6, 6.07) is 18.1. The fourth-order valence-corrected chi connectivity index (χ4v) is 4.10. The zero-order valence-corrected chi connectivity index (χ0v) is 18.1. The van der Waals surface area contributed by atoms with Gasteiger partial charge in [0.05, 0.1) is 25.5 Å². The second kappa shape index (κ2) is 9.71. The van der Waals surface area contributed by atoms with Gasteiger partial charge < -0.3 is 19.4 Å². The number of hydrogen-bond acceptors (Lipinski definition) is 4. The van der Waals surface area contributed by atoms with Gasteiger partial charge in [0.1, 0.15) is 0 Å². The van der Waals surface area contributed by atoms with E-state index in [-0.39, 0.29) is 11.9 Å². The number of hydrogen-bond donors (Lipinski definition) is 1. The van der Waals surface area contributed by atoms with Crippen molar-refractivity contribution >= 4 is 5.91 Å². The smallest absolute Gasteiger partial charge is 0.253 e. The van der Waals surface area contributed by atoms with Crippen LogP contribution in [0.1, 0.15) is 28.8 Å². The normalized spacial score (nSPS) is 14.9. The molecule has 0 bridgehead atoms. The van der Waals surface area contributed by atoms with Gasteiger partial charge in [0.25, 0.3) is 5.91 Å². The minimum Gasteiger partial charge on any atom is -0.493 e. The molecule has 162 valence electrons. The van der Waals surface area contributed by atoms with Gasteiger partial charge in [-0.2, -0.15) is 0 Å². The molecule has 31 heavy (non-hydrogen) atoms. The molecule has 0 unspecified atom stereocenters. The Labute approximate surface area is 183 Å². The molecule has 0 aliphatic carbocycles. The fourth-order valence-electron chi connectivity index (χ4n) is 4.10. The predicted octanol–water partition coefficient (Wildman–Crippen LogP) is 3.89. The standard InChI is InChI=1S/C25H29N3O3/c1-30-23-16-21(22(17-24(23)31-2)28-12-6-7-13-28)25(29)26-20-10-14-27(15-11-20)18-19-8-4-3-5-9-19/h3-9,12-13,16-17,20H,10-11,14-15,18H2,1-2H3,(H,26,29). The van der Waals surface area contributed by atoms with Gasteiger partial charge in [0, 0.05) is 44.1 Å². The maximum atomic E-state index is 13.2. The Morgan fingerprint density at radius 2 is 1.61 bits per heavy atom. The summed E-state index contributed by atoms with van der Waals surface area (Å²) < 4.78 is 12.8. The van der Waals surface area contributed by atoms with Crippen LogP contribution in [-0.2, 0) is 6.54 Å². The SMILES string of the molecule is COc1cc(C(=O)NC2CCN(Cc3ccccc3)CC2)c(-n2cccc2)cc1OC. The molecule has 6 heteroatoms. The summed E-state index contributed by atoms with van der Waals surface area (Å²) in [6.07, 6.45) is 5.70. The van der Waals surface area contributed by atoms with Crippen LogP contribution in [0.25, 0.3) is 5.69 Å². The van der Waals surface area contributed by atoms with Gasteiger partial charge in [-0.1, -0.05) is 30.3 Å². The summed E-state index contributed by atoms with van der Waals surface area (Å²) in [7, 11) is 3.18. The molecule has 1 aliphatic rings. The first-order valence-corrected chi connectivity index (χ1v) is 10.6. The molecule has 4 rings (SSSR count). The molecule has 1 aliphatic heterocycles. The van der Waals surface area contributed by atoms with E-state index in [1.807, 2.05) is 41.2 Å². The zero-order chi connectivity index (χ0) is 21.6. The highest BCUT2D eigenvalue weighted by molar-refractivity contribution is 5.99. The number of nitrogens with one attached hydrogen (secondary N) is 1. The van der Waals surface area contributed by atoms with E-state index >= 15 is 0 Å². The van der Waals surface area contributed by atoms with Crippen LogP contribution in [0.5, 0.6) is 11.5 Å². The first-order chi connectivity index (χ1) is 15.2. The summed E-state index contributed by atoms with van der Waals surface area (Å²) in [4.78, 5) is 15.7. The number of rotatable bonds is 7. The molecule has 1 N–H and O–H groups in total. The summed E-state index contributed by atoms with van der Waals surface area (Å²) >= 11 is 0. The lowest BCUT2D eigenvalue weighted by atomic mass is 10.0. The van der Waals surface area contributed by atoms with Gasteiger partial charge in [0.2, 0.25) is 0 Å². The van der Waals surface area contributed by atoms with Crippen LogP contribution in [-0.4, -0.2) is 48.7 Å². The van der Waals surface area contributed by atoms with Crippen molar-refractivity contribution in [1.29, 1.82) is 0 Å². The van der Waals surface area contributed by atoms with E-state index in [4.69, 9.17) is 9.47 Å². The predicted molar refractivity (Wildman–Crippen MR) is 121 cm³/mol. The first-order valence-electron chi connectivity index (χ1n) is 10.6. The Morgan fingerprint density at radius 1 is 0.968 bits per heavy atom. The van der Waals surface area contributed by atoms with E-state index in [2.05, 4.69) is 34.5 Å². The highest BCUT2D eigenvalue weighted by Gasteiger charge is 2.24. The molecule has 2 aromatic carbocycles. The number of benzene rings is 2. The monoisotopic (exact) mass is 419 g/mol. The lowest BCUT2D eigenvalue weighted by molar-refractivity contribution is 0.0908. The molecule has 0 saturated carbocycles. The molecule has 1 fully saturated rings. The van der Waals surface area contributed by atoms with Crippen LogP contribution in [0, 0.1) is 0 Å². The lowest BCUT2D eigenvalue weighted by Gasteiger charge is -2.32. The molecule has 1 saturated heterocycles. The van der Waals surface area contributed by atoms with E-state index in [1.165, 1.54) is 5.56 Å². The van der Waals surface area contributed by atoms with E-state index in [9.17, 15) is 4.79 Å². The van der Waals surface area contributed by atoms with Crippen molar-refractivity contribution in [3.05, 3.63) is 78.1 Å². The van der Waals surface area contributed by atoms with Gasteiger partial charge in [-0.3, -0.25) is 9.69 Å². The molecule has 6 nitrogen and oxygen atoms in total. The maximum Gasteiger partial charge on any atom is 0.253 e. The Hall–Kier alpha value is -3.25. The molecular formula is C25H29N3O3. The number of methoxy groups -OCH3 is 2. The minimum absolute atomic E-state index is 0.0915. The average molecular weight is 420 g/mol. The van der Waals surface area contributed by atoms with Crippen molar-refractivity contribution < 1.29 is 14.3 Å². The number of amides is 1. The summed E-state index contributed by atoms with van der Waals surface area (Å²) in [5.41, 5.74) is 2.66. The molecule has 0 radical (unpaired) electrons. The van der Waals surface area contributed by atoms with E-state index in [0.717, 1.165) is 38.2 Å². The van der Waals surface area contributed by atoms with Crippen molar-refractivity contribution in [3.8, 4) is 17.2 Å². The minimum atomic E-state index is -0.0915. The third-order valence-corrected chi connectivity index (χ3v) is 5.80. The zero-order valence-electron chi connectivity index (χ0n) is 18.1. The number of carbonyl (C=O) groups excluding carboxylic acids is 1. The van der Waals surface area contributed by atoms with Crippen molar-refractivity contribution in [2.75, 3.05) is 27.3 Å². The van der Waals surface area contributed by atoms with E-state index in [1.54, 1.807) is 20.3 Å². The Morgan fingerprint density at radius 3 is 2.26 bits per heavy atom. The number of likely N-dealkylation sites (tertiary alicyclic amines) is 1. The van der Waals surface area contributed by atoms with Crippen LogP contribution in [0.15, 0.2) is 67.0 Å². The van der Waals surface area contributed by atoms with Gasteiger partial charge >= 0.3 is 0 Å². The van der Waals surface area contributed by atoms with Gasteiger partial charge in [-0.05, 0) is 36.6 Å². The highest BCUT2D eigenvalue weighted by atomic mass is 16.5. The lowest BCUT2D eigenvalue weighted by Crippen LogP contribution is -2.44. The molecule has 0 atom stereocenters. The van der Waals surface area contributed by atoms with Crippen LogP contribution >= 0.6 is 0 Å².